The van der Waals surface area contributed by atoms with Crippen molar-refractivity contribution < 1.29 is 9.84 Å². The molecule has 0 amide bonds. The molecule has 2 nitrogen and oxygen atoms in total. The lowest BCUT2D eigenvalue weighted by atomic mass is 9.79. The molecule has 0 aromatic heterocycles. The summed E-state index contributed by atoms with van der Waals surface area (Å²) in [5.74, 6) is 0.983. The first kappa shape index (κ1) is 28.7. The van der Waals surface area contributed by atoms with Crippen LogP contribution < -0.4 is 0 Å². The van der Waals surface area contributed by atoms with Gasteiger partial charge in [-0.05, 0) is 35.6 Å². The topological polar surface area (TPSA) is 32.8 Å². The van der Waals surface area contributed by atoms with Crippen molar-refractivity contribution in [2.24, 2.45) is 0 Å². The Bertz CT molecular complexity index is 1010. The second kappa shape index (κ2) is 15.3. The maximum absolute atomic E-state index is 11.4. The van der Waals surface area contributed by atoms with E-state index < -0.39 is 11.7 Å². The highest BCUT2D eigenvalue weighted by Crippen LogP contribution is 2.60. The van der Waals surface area contributed by atoms with Crippen molar-refractivity contribution in [3.05, 3.63) is 89.2 Å². The fraction of sp³-hybridized carbons (Fsp3) is 0.556. The Morgan fingerprint density at radius 2 is 1.11 bits per heavy atom. The first-order valence-electron chi connectivity index (χ1n) is 15.7. The molecule has 0 bridgehead atoms. The number of fused-ring (bicyclic) bond motifs is 1. The van der Waals surface area contributed by atoms with Crippen LogP contribution in [0.4, 0.5) is 0 Å². The van der Waals surface area contributed by atoms with Crippen LogP contribution in [0.2, 0.25) is 0 Å². The van der Waals surface area contributed by atoms with Gasteiger partial charge in [0.05, 0.1) is 0 Å². The van der Waals surface area contributed by atoms with Crippen LogP contribution in [-0.2, 0) is 10.3 Å². The zero-order valence-corrected chi connectivity index (χ0v) is 23.8. The number of allylic oxidation sites excluding steroid dienone is 2. The lowest BCUT2D eigenvalue weighted by molar-refractivity contribution is 0.119. The molecule has 0 radical (unpaired) electrons. The summed E-state index contributed by atoms with van der Waals surface area (Å²) < 4.78 is 6.29. The Labute approximate surface area is 232 Å². The van der Waals surface area contributed by atoms with Crippen molar-refractivity contribution in [1.29, 1.82) is 0 Å². The van der Waals surface area contributed by atoms with Crippen LogP contribution in [0.25, 0.3) is 5.57 Å². The number of epoxide rings is 1. The van der Waals surface area contributed by atoms with Gasteiger partial charge in [-0.1, -0.05) is 164 Å². The van der Waals surface area contributed by atoms with Gasteiger partial charge in [0.25, 0.3) is 0 Å². The minimum Gasteiger partial charge on any atom is -0.471 e. The molecule has 2 aliphatic rings. The van der Waals surface area contributed by atoms with Crippen molar-refractivity contribution in [2.45, 2.75) is 128 Å². The highest BCUT2D eigenvalue weighted by Gasteiger charge is 2.63. The molecule has 1 fully saturated rings. The molecule has 1 heterocycles. The van der Waals surface area contributed by atoms with Crippen LogP contribution >= 0.6 is 0 Å². The first-order valence-corrected chi connectivity index (χ1v) is 15.7. The Balaban J connectivity index is 1.16. The third-order valence-corrected chi connectivity index (χ3v) is 8.47. The number of ether oxygens (including phenoxy) is 1. The minimum absolute atomic E-state index is 0.683. The minimum atomic E-state index is -0.703. The number of hydrogen-bond acceptors (Lipinski definition) is 2. The molecule has 4 rings (SSSR count). The van der Waals surface area contributed by atoms with E-state index in [0.717, 1.165) is 28.9 Å². The summed E-state index contributed by atoms with van der Waals surface area (Å²) in [5, 5.41) is 11.4. The Morgan fingerprint density at radius 3 is 1.63 bits per heavy atom. The molecule has 1 N–H and O–H groups in total. The van der Waals surface area contributed by atoms with E-state index in [0.29, 0.717) is 0 Å². The van der Waals surface area contributed by atoms with E-state index in [4.69, 9.17) is 4.74 Å². The van der Waals surface area contributed by atoms with E-state index in [1.165, 1.54) is 108 Å². The molecule has 1 aliphatic carbocycles. The third kappa shape index (κ3) is 7.63. The van der Waals surface area contributed by atoms with Gasteiger partial charge in [-0.15, -0.1) is 0 Å². The molecular weight excluding hydrogens is 464 g/mol. The second-order valence-corrected chi connectivity index (χ2v) is 11.5. The molecule has 2 unspecified atom stereocenters. The molecule has 2 aromatic rings. The Hall–Kier alpha value is -2.32. The number of aliphatic hydroxyl groups excluding tert-OH is 1. The first-order chi connectivity index (χ1) is 18.8. The standard InChI is InChI=1S/C36H50O2/c1-2-3-4-5-6-7-8-9-10-11-12-13-14-15-16-19-26-31-29-33(30-24-20-17-21-25-30)34(37)36(35(31)38-36)32-27-22-18-23-28-32/h17-18,20-25,27-29,34,37H,2-16,19,26H2,1H3. The summed E-state index contributed by atoms with van der Waals surface area (Å²) in [7, 11) is 0. The van der Waals surface area contributed by atoms with Gasteiger partial charge in [-0.3, -0.25) is 0 Å². The molecule has 38 heavy (non-hydrogen) atoms. The van der Waals surface area contributed by atoms with Crippen molar-refractivity contribution >= 4 is 5.57 Å². The number of hydrogen-bond donors (Lipinski definition) is 1. The van der Waals surface area contributed by atoms with E-state index in [9.17, 15) is 5.11 Å². The van der Waals surface area contributed by atoms with Crippen LogP contribution in [0.1, 0.15) is 127 Å². The lowest BCUT2D eigenvalue weighted by Gasteiger charge is -2.24. The summed E-state index contributed by atoms with van der Waals surface area (Å²) >= 11 is 0. The van der Waals surface area contributed by atoms with Gasteiger partial charge in [0.2, 0.25) is 5.60 Å². The Morgan fingerprint density at radius 1 is 0.632 bits per heavy atom. The van der Waals surface area contributed by atoms with E-state index in [1.54, 1.807) is 0 Å². The monoisotopic (exact) mass is 514 g/mol. The van der Waals surface area contributed by atoms with E-state index >= 15 is 0 Å². The molecular formula is C36H50O2. The van der Waals surface area contributed by atoms with E-state index in [1.807, 2.05) is 36.4 Å². The zero-order chi connectivity index (χ0) is 26.5. The summed E-state index contributed by atoms with van der Waals surface area (Å²) in [4.78, 5) is 0. The van der Waals surface area contributed by atoms with Crippen molar-refractivity contribution in [3.63, 3.8) is 0 Å². The van der Waals surface area contributed by atoms with Gasteiger partial charge in [0, 0.05) is 5.56 Å². The molecule has 1 aliphatic heterocycles. The van der Waals surface area contributed by atoms with Crippen LogP contribution in [0.3, 0.4) is 0 Å². The summed E-state index contributed by atoms with van der Waals surface area (Å²) in [6.07, 6.45) is 24.7. The Kier molecular flexibility index (Phi) is 11.6. The summed E-state index contributed by atoms with van der Waals surface area (Å²) in [5.41, 5.74) is 3.67. The van der Waals surface area contributed by atoms with Gasteiger partial charge in [0.15, 0.2) is 5.76 Å². The fourth-order valence-electron chi connectivity index (χ4n) is 6.13. The normalized spacial score (nSPS) is 20.2. The predicted octanol–water partition coefficient (Wildman–Crippen LogP) is 10.3. The summed E-state index contributed by atoms with van der Waals surface area (Å²) in [6, 6.07) is 20.5. The van der Waals surface area contributed by atoms with Crippen LogP contribution in [0.5, 0.6) is 0 Å². The number of benzene rings is 2. The third-order valence-electron chi connectivity index (χ3n) is 8.47. The van der Waals surface area contributed by atoms with Crippen LogP contribution in [0.15, 0.2) is 78.1 Å². The number of unbranched alkanes of at least 4 members (excludes halogenated alkanes) is 15. The smallest absolute Gasteiger partial charge is 0.220 e. The van der Waals surface area contributed by atoms with Crippen molar-refractivity contribution in [2.75, 3.05) is 0 Å². The maximum Gasteiger partial charge on any atom is 0.220 e. The van der Waals surface area contributed by atoms with Crippen LogP contribution in [-0.4, -0.2) is 11.2 Å². The molecule has 2 heteroatoms. The molecule has 1 saturated heterocycles. The molecule has 2 aromatic carbocycles. The van der Waals surface area contributed by atoms with Gasteiger partial charge in [0.1, 0.15) is 6.10 Å². The number of rotatable bonds is 19. The van der Waals surface area contributed by atoms with Gasteiger partial charge in [-0.25, -0.2) is 0 Å². The average molecular weight is 515 g/mol. The summed E-state index contributed by atoms with van der Waals surface area (Å²) in [6.45, 7) is 2.29. The zero-order valence-electron chi connectivity index (χ0n) is 23.8. The molecule has 206 valence electrons. The van der Waals surface area contributed by atoms with Gasteiger partial charge >= 0.3 is 0 Å². The van der Waals surface area contributed by atoms with Gasteiger partial charge < -0.3 is 9.84 Å². The SMILES string of the molecule is CCCCCCCCCCCCCCCCCCC1=C2OC2(c2ccccc2)C(O)C(c2ccccc2)=C1. The largest absolute Gasteiger partial charge is 0.471 e. The quantitative estimate of drug-likeness (QED) is 0.149. The maximum atomic E-state index is 11.4. The number of aliphatic hydroxyl groups is 1. The molecule has 0 spiro atoms. The second-order valence-electron chi connectivity index (χ2n) is 11.5. The van der Waals surface area contributed by atoms with Gasteiger partial charge in [-0.2, -0.15) is 0 Å². The van der Waals surface area contributed by atoms with E-state index in [-0.39, 0.29) is 0 Å². The average Bonchev–Trinajstić information content (AvgIpc) is 3.73. The fourth-order valence-corrected chi connectivity index (χ4v) is 6.13. The molecule has 0 saturated carbocycles. The predicted molar refractivity (Wildman–Crippen MR) is 161 cm³/mol. The lowest BCUT2D eigenvalue weighted by Crippen LogP contribution is -2.30. The highest BCUT2D eigenvalue weighted by molar-refractivity contribution is 5.78. The van der Waals surface area contributed by atoms with Crippen LogP contribution in [0, 0.1) is 0 Å². The van der Waals surface area contributed by atoms with E-state index in [2.05, 4.69) is 37.3 Å². The highest BCUT2D eigenvalue weighted by atomic mass is 16.6. The molecule has 2 atom stereocenters. The van der Waals surface area contributed by atoms with Crippen molar-refractivity contribution in [3.8, 4) is 0 Å². The van der Waals surface area contributed by atoms with Crippen molar-refractivity contribution in [1.82, 2.24) is 0 Å².